The van der Waals surface area contributed by atoms with Crippen molar-refractivity contribution in [3.8, 4) is 0 Å². The summed E-state index contributed by atoms with van der Waals surface area (Å²) >= 11 is 0. The lowest BCUT2D eigenvalue weighted by Crippen LogP contribution is -2.49. The van der Waals surface area contributed by atoms with E-state index in [0.717, 1.165) is 118 Å². The summed E-state index contributed by atoms with van der Waals surface area (Å²) in [5.74, 6) is 0.929. The lowest BCUT2D eigenvalue weighted by molar-refractivity contribution is -0.126. The number of Topliss-reactive ketones (excluding diaryl/α,β-unsaturated/α-hetero) is 1. The number of piperidine rings is 2. The summed E-state index contributed by atoms with van der Waals surface area (Å²) in [6, 6.07) is 10.0. The Labute approximate surface area is 345 Å². The van der Waals surface area contributed by atoms with E-state index >= 15 is 0 Å². The van der Waals surface area contributed by atoms with Crippen molar-refractivity contribution in [2.75, 3.05) is 55.6 Å². The van der Waals surface area contributed by atoms with E-state index in [4.69, 9.17) is 9.97 Å². The Morgan fingerprint density at radius 2 is 1.63 bits per heavy atom. The van der Waals surface area contributed by atoms with Crippen molar-refractivity contribution in [2.45, 2.75) is 96.7 Å². The van der Waals surface area contributed by atoms with Crippen LogP contribution < -0.4 is 20.7 Å². The fourth-order valence-corrected chi connectivity index (χ4v) is 10.2. The summed E-state index contributed by atoms with van der Waals surface area (Å²) < 4.78 is 1.77. The number of ketones is 1. The van der Waals surface area contributed by atoms with Crippen LogP contribution in [-0.4, -0.2) is 98.8 Å². The van der Waals surface area contributed by atoms with Crippen molar-refractivity contribution in [3.05, 3.63) is 99.1 Å². The molecule has 3 saturated heterocycles. The average Bonchev–Trinajstić information content (AvgIpc) is 3.88. The van der Waals surface area contributed by atoms with E-state index in [2.05, 4.69) is 55.8 Å². The number of carbonyl (C=O) groups excluding carboxylic acids is 3. The van der Waals surface area contributed by atoms with Gasteiger partial charge in [0, 0.05) is 86.1 Å². The number of anilines is 2. The van der Waals surface area contributed by atoms with Crippen molar-refractivity contribution in [1.82, 2.24) is 34.6 Å². The van der Waals surface area contributed by atoms with Gasteiger partial charge in [-0.3, -0.25) is 33.6 Å². The molecule has 9 rings (SSSR count). The molecule has 1 aliphatic carbocycles. The SMILES string of the molecule is C=C1CCC(N2Cc3cc(N4CCC(CCN5CCN(c6ccc(Cc7ncc8c(C)c(C(C)=O)c(=O)n(C9CCCC9)c8n7)nc6)CC5)CC4)ccc3C2=O)C(=O)N1. The highest BCUT2D eigenvalue weighted by Crippen LogP contribution is 2.34. The summed E-state index contributed by atoms with van der Waals surface area (Å²) in [4.78, 5) is 75.5. The van der Waals surface area contributed by atoms with Crippen molar-refractivity contribution in [2.24, 2.45) is 5.92 Å². The van der Waals surface area contributed by atoms with Crippen LogP contribution in [-0.2, 0) is 17.8 Å². The normalized spacial score (nSPS) is 20.8. The van der Waals surface area contributed by atoms with Gasteiger partial charge >= 0.3 is 0 Å². The summed E-state index contributed by atoms with van der Waals surface area (Å²) in [6.07, 6.45) is 13.0. The highest BCUT2D eigenvalue weighted by Gasteiger charge is 2.38. The molecule has 1 aromatic carbocycles. The Morgan fingerprint density at radius 1 is 0.881 bits per heavy atom. The molecule has 5 aliphatic rings. The Morgan fingerprint density at radius 3 is 2.34 bits per heavy atom. The maximum Gasteiger partial charge on any atom is 0.263 e. The second-order valence-electron chi connectivity index (χ2n) is 17.3. The molecule has 1 atom stereocenters. The molecular weight excluding hydrogens is 743 g/mol. The molecule has 4 fully saturated rings. The lowest BCUT2D eigenvalue weighted by atomic mass is 9.92. The Hall–Kier alpha value is -5.43. The van der Waals surface area contributed by atoms with Crippen molar-refractivity contribution in [3.63, 3.8) is 0 Å². The number of allylic oxidation sites excluding steroid dienone is 1. The lowest BCUT2D eigenvalue weighted by Gasteiger charge is -2.38. The monoisotopic (exact) mass is 797 g/mol. The standard InChI is InChI=1S/C46H55N9O4/c1-29-8-13-40(44(57)49-29)54-28-33-24-36(11-12-38(33)45(54)58)52-18-15-32(16-19-52)14-17-51-20-22-53(23-21-51)37-10-9-34(47-26-37)25-41-48-27-39-30(2)42(31(3)56)46(59)55(43(39)50-41)35-6-4-5-7-35/h9-12,24,26-27,32,35,40H,1,4-8,13-23,25,28H2,2-3H3,(H,49,57). The van der Waals surface area contributed by atoms with E-state index in [9.17, 15) is 19.2 Å². The van der Waals surface area contributed by atoms with Crippen LogP contribution in [0, 0.1) is 12.8 Å². The number of hydrogen-bond acceptors (Lipinski definition) is 10. The molecule has 0 bridgehead atoms. The zero-order valence-electron chi connectivity index (χ0n) is 34.4. The maximum absolute atomic E-state index is 13.6. The van der Waals surface area contributed by atoms with Gasteiger partial charge in [0.05, 0.1) is 23.9 Å². The molecule has 4 aliphatic heterocycles. The van der Waals surface area contributed by atoms with Gasteiger partial charge in [-0.1, -0.05) is 19.4 Å². The molecule has 13 heteroatoms. The van der Waals surface area contributed by atoms with E-state index in [1.807, 2.05) is 19.2 Å². The predicted octanol–water partition coefficient (Wildman–Crippen LogP) is 5.58. The molecule has 3 aromatic heterocycles. The number of amides is 2. The molecule has 0 spiro atoms. The number of nitrogens with zero attached hydrogens (tertiary/aromatic N) is 8. The zero-order valence-corrected chi connectivity index (χ0v) is 34.4. The highest BCUT2D eigenvalue weighted by atomic mass is 16.2. The molecule has 59 heavy (non-hydrogen) atoms. The summed E-state index contributed by atoms with van der Waals surface area (Å²) in [5, 5.41) is 3.59. The largest absolute Gasteiger partial charge is 0.372 e. The van der Waals surface area contributed by atoms with Gasteiger partial charge in [0.2, 0.25) is 5.91 Å². The number of piperazine rings is 1. The fourth-order valence-electron chi connectivity index (χ4n) is 10.2. The molecule has 4 aromatic rings. The van der Waals surface area contributed by atoms with E-state index in [0.29, 0.717) is 48.8 Å². The number of benzene rings is 1. The molecular formula is C46H55N9O4. The summed E-state index contributed by atoms with van der Waals surface area (Å²) in [7, 11) is 0. The molecule has 1 saturated carbocycles. The minimum absolute atomic E-state index is 0.0480. The molecule has 1 N–H and O–H groups in total. The van der Waals surface area contributed by atoms with E-state index in [1.165, 1.54) is 19.0 Å². The average molecular weight is 798 g/mol. The first-order chi connectivity index (χ1) is 28.6. The van der Waals surface area contributed by atoms with Gasteiger partial charge in [-0.25, -0.2) is 9.97 Å². The van der Waals surface area contributed by atoms with Crippen LogP contribution in [0.1, 0.15) is 114 Å². The van der Waals surface area contributed by atoms with E-state index in [-0.39, 0.29) is 34.8 Å². The first-order valence-corrected chi connectivity index (χ1v) is 21.6. The van der Waals surface area contributed by atoms with Gasteiger partial charge in [0.15, 0.2) is 5.78 Å². The molecule has 0 radical (unpaired) electrons. The minimum atomic E-state index is -0.434. The Kier molecular flexibility index (Phi) is 10.8. The number of hydrogen-bond donors (Lipinski definition) is 1. The van der Waals surface area contributed by atoms with Crippen LogP contribution in [0.5, 0.6) is 0 Å². The number of fused-ring (bicyclic) bond motifs is 2. The van der Waals surface area contributed by atoms with Crippen LogP contribution in [0.15, 0.2) is 59.8 Å². The van der Waals surface area contributed by atoms with Gasteiger partial charge in [0.1, 0.15) is 17.5 Å². The first-order valence-electron chi connectivity index (χ1n) is 21.6. The Balaban J connectivity index is 0.746. The fraction of sp³-hybridized carbons (Fsp3) is 0.500. The zero-order chi connectivity index (χ0) is 40.8. The number of nitrogens with one attached hydrogen (secondary N) is 1. The third kappa shape index (κ3) is 7.77. The van der Waals surface area contributed by atoms with Crippen LogP contribution >= 0.6 is 0 Å². The second kappa shape index (κ2) is 16.3. The van der Waals surface area contributed by atoms with Crippen molar-refractivity contribution in [1.29, 1.82) is 0 Å². The minimum Gasteiger partial charge on any atom is -0.372 e. The van der Waals surface area contributed by atoms with Gasteiger partial charge in [-0.05, 0) is 113 Å². The molecule has 7 heterocycles. The predicted molar refractivity (Wildman–Crippen MR) is 228 cm³/mol. The second-order valence-corrected chi connectivity index (χ2v) is 17.3. The highest BCUT2D eigenvalue weighted by molar-refractivity contribution is 6.02. The molecule has 308 valence electrons. The molecule has 2 amide bonds. The van der Waals surface area contributed by atoms with Crippen LogP contribution in [0.4, 0.5) is 11.4 Å². The number of carbonyl (C=O) groups is 3. The quantitative estimate of drug-likeness (QED) is 0.203. The maximum atomic E-state index is 13.6. The van der Waals surface area contributed by atoms with Gasteiger partial charge in [0.25, 0.3) is 11.5 Å². The molecule has 1 unspecified atom stereocenters. The summed E-state index contributed by atoms with van der Waals surface area (Å²) in [5.41, 5.74) is 6.92. The molecule has 13 nitrogen and oxygen atoms in total. The van der Waals surface area contributed by atoms with E-state index in [1.54, 1.807) is 15.7 Å². The number of aromatic nitrogens is 4. The summed E-state index contributed by atoms with van der Waals surface area (Å²) in [6.45, 7) is 14.8. The van der Waals surface area contributed by atoms with Crippen molar-refractivity contribution < 1.29 is 14.4 Å². The van der Waals surface area contributed by atoms with Gasteiger partial charge in [-0.15, -0.1) is 0 Å². The van der Waals surface area contributed by atoms with Crippen molar-refractivity contribution >= 4 is 40.0 Å². The van der Waals surface area contributed by atoms with E-state index < -0.39 is 6.04 Å². The number of pyridine rings is 2. The van der Waals surface area contributed by atoms with Crippen LogP contribution in [0.25, 0.3) is 11.0 Å². The Bertz CT molecular complexity index is 2350. The first kappa shape index (κ1) is 39.1. The third-order valence-electron chi connectivity index (χ3n) is 13.6. The number of rotatable bonds is 10. The van der Waals surface area contributed by atoms with Crippen LogP contribution in [0.3, 0.4) is 0 Å². The third-order valence-corrected chi connectivity index (χ3v) is 13.6. The smallest absolute Gasteiger partial charge is 0.263 e. The number of aryl methyl sites for hydroxylation is 1. The van der Waals surface area contributed by atoms with Crippen LogP contribution in [0.2, 0.25) is 0 Å². The van der Waals surface area contributed by atoms with Gasteiger partial charge < -0.3 is 20.0 Å². The topological polar surface area (TPSA) is 137 Å². The van der Waals surface area contributed by atoms with Gasteiger partial charge in [-0.2, -0.15) is 0 Å².